The lowest BCUT2D eigenvalue weighted by Crippen LogP contribution is -1.91. The molecule has 0 radical (unpaired) electrons. The summed E-state index contributed by atoms with van der Waals surface area (Å²) in [7, 11) is 0. The zero-order chi connectivity index (χ0) is 12.7. The number of ketones is 1. The van der Waals surface area contributed by atoms with Crippen molar-refractivity contribution < 1.29 is 4.79 Å². The predicted molar refractivity (Wildman–Crippen MR) is 71.0 cm³/mol. The lowest BCUT2D eigenvalue weighted by Gasteiger charge is -2.02. The first kappa shape index (κ1) is 13.1. The summed E-state index contributed by atoms with van der Waals surface area (Å²) < 4.78 is 0. The van der Waals surface area contributed by atoms with Gasteiger partial charge in [-0.2, -0.15) is 0 Å². The van der Waals surface area contributed by atoms with Gasteiger partial charge in [0.05, 0.1) is 0 Å². The van der Waals surface area contributed by atoms with Crippen molar-refractivity contribution in [3.8, 4) is 11.1 Å². The van der Waals surface area contributed by atoms with Crippen LogP contribution in [0.5, 0.6) is 0 Å². The quantitative estimate of drug-likeness (QED) is 0.726. The Morgan fingerprint density at radius 1 is 1.06 bits per heavy atom. The molecule has 0 aliphatic heterocycles. The zero-order valence-electron chi connectivity index (χ0n) is 10.5. The Balaban J connectivity index is 0.000000686. The molecule has 2 rings (SSSR count). The smallest absolute Gasteiger partial charge is 0.159 e. The Kier molecular flexibility index (Phi) is 5.08. The first-order valence-corrected chi connectivity index (χ1v) is 5.79. The van der Waals surface area contributed by atoms with Crippen LogP contribution < -0.4 is 0 Å². The fraction of sp³-hybridized carbons (Fsp3) is 0.200. The van der Waals surface area contributed by atoms with Gasteiger partial charge in [0.1, 0.15) is 0 Å². The molecule has 2 aromatic rings. The van der Waals surface area contributed by atoms with Gasteiger partial charge in [-0.25, -0.2) is 0 Å². The molecule has 1 aromatic carbocycles. The molecule has 0 unspecified atom stereocenters. The molecule has 0 saturated carbocycles. The molecule has 0 bridgehead atoms. The number of hydrogen-bond acceptors (Lipinski definition) is 2. The van der Waals surface area contributed by atoms with Crippen molar-refractivity contribution in [2.24, 2.45) is 0 Å². The third-order valence-corrected chi connectivity index (χ3v) is 2.26. The Hall–Kier alpha value is -1.96. The number of hydrogen-bond donors (Lipinski definition) is 0. The summed E-state index contributed by atoms with van der Waals surface area (Å²) in [4.78, 5) is 15.3. The molecule has 0 aliphatic rings. The van der Waals surface area contributed by atoms with E-state index in [-0.39, 0.29) is 5.78 Å². The van der Waals surface area contributed by atoms with Gasteiger partial charge >= 0.3 is 0 Å². The first-order valence-electron chi connectivity index (χ1n) is 5.79. The molecule has 0 spiro atoms. The van der Waals surface area contributed by atoms with E-state index >= 15 is 0 Å². The molecule has 0 saturated heterocycles. The SMILES string of the molecule is CC.CC(=O)c1cccc(-c2cccnc2)c1. The van der Waals surface area contributed by atoms with Gasteiger partial charge in [-0.1, -0.05) is 38.1 Å². The lowest BCUT2D eigenvalue weighted by molar-refractivity contribution is 0.101. The van der Waals surface area contributed by atoms with Crippen molar-refractivity contribution in [1.29, 1.82) is 0 Å². The van der Waals surface area contributed by atoms with E-state index in [4.69, 9.17) is 0 Å². The molecule has 2 nitrogen and oxygen atoms in total. The molecule has 0 amide bonds. The number of pyridine rings is 1. The van der Waals surface area contributed by atoms with E-state index in [0.717, 1.165) is 16.7 Å². The number of benzene rings is 1. The summed E-state index contributed by atoms with van der Waals surface area (Å²) in [6, 6.07) is 11.4. The highest BCUT2D eigenvalue weighted by Gasteiger charge is 2.01. The fourth-order valence-corrected chi connectivity index (χ4v) is 1.45. The summed E-state index contributed by atoms with van der Waals surface area (Å²) in [6.45, 7) is 5.57. The molecular weight excluding hydrogens is 210 g/mol. The highest BCUT2D eigenvalue weighted by Crippen LogP contribution is 2.19. The summed E-state index contributed by atoms with van der Waals surface area (Å²) in [5.74, 6) is 0.0840. The molecule has 1 heterocycles. The van der Waals surface area contributed by atoms with Gasteiger partial charge in [0.2, 0.25) is 0 Å². The van der Waals surface area contributed by atoms with Crippen LogP contribution in [0.1, 0.15) is 31.1 Å². The first-order chi connectivity index (χ1) is 8.27. The molecular formula is C15H17NO. The summed E-state index contributed by atoms with van der Waals surface area (Å²) in [6.07, 6.45) is 3.53. The maximum atomic E-state index is 11.2. The number of carbonyl (C=O) groups excluding carboxylic acids is 1. The zero-order valence-corrected chi connectivity index (χ0v) is 10.5. The molecule has 2 heteroatoms. The molecule has 1 aromatic heterocycles. The number of nitrogens with zero attached hydrogens (tertiary/aromatic N) is 1. The average Bonchev–Trinajstić information content (AvgIpc) is 2.42. The summed E-state index contributed by atoms with van der Waals surface area (Å²) in [5, 5.41) is 0. The Morgan fingerprint density at radius 2 is 1.76 bits per heavy atom. The van der Waals surface area contributed by atoms with Gasteiger partial charge in [-0.05, 0) is 24.6 Å². The standard InChI is InChI=1S/C13H11NO.C2H6/c1-10(15)11-4-2-5-12(8-11)13-6-3-7-14-9-13;1-2/h2-9H,1H3;1-2H3. The van der Waals surface area contributed by atoms with Crippen molar-refractivity contribution >= 4 is 5.78 Å². The van der Waals surface area contributed by atoms with Crippen LogP contribution in [0, 0.1) is 0 Å². The Labute approximate surface area is 102 Å². The minimum absolute atomic E-state index is 0.0840. The second kappa shape index (κ2) is 6.59. The number of carbonyl (C=O) groups is 1. The molecule has 0 atom stereocenters. The van der Waals surface area contributed by atoms with E-state index in [0.29, 0.717) is 0 Å². The second-order valence-corrected chi connectivity index (χ2v) is 3.38. The van der Waals surface area contributed by atoms with Gasteiger partial charge in [0.15, 0.2) is 5.78 Å². The van der Waals surface area contributed by atoms with E-state index in [9.17, 15) is 4.79 Å². The molecule has 88 valence electrons. The summed E-state index contributed by atoms with van der Waals surface area (Å²) in [5.41, 5.74) is 2.78. The summed E-state index contributed by atoms with van der Waals surface area (Å²) >= 11 is 0. The normalized spacial score (nSPS) is 9.12. The molecule has 17 heavy (non-hydrogen) atoms. The van der Waals surface area contributed by atoms with E-state index in [2.05, 4.69) is 4.98 Å². The van der Waals surface area contributed by atoms with E-state index in [1.54, 1.807) is 19.3 Å². The van der Waals surface area contributed by atoms with Crippen LogP contribution in [0.4, 0.5) is 0 Å². The van der Waals surface area contributed by atoms with Crippen LogP contribution >= 0.6 is 0 Å². The largest absolute Gasteiger partial charge is 0.295 e. The van der Waals surface area contributed by atoms with Gasteiger partial charge in [-0.3, -0.25) is 9.78 Å². The molecule has 0 aliphatic carbocycles. The van der Waals surface area contributed by atoms with Gasteiger partial charge in [-0.15, -0.1) is 0 Å². The van der Waals surface area contributed by atoms with Crippen LogP contribution in [0.3, 0.4) is 0 Å². The fourth-order valence-electron chi connectivity index (χ4n) is 1.45. The van der Waals surface area contributed by atoms with Gasteiger partial charge < -0.3 is 0 Å². The van der Waals surface area contributed by atoms with Crippen molar-refractivity contribution in [2.45, 2.75) is 20.8 Å². The number of rotatable bonds is 2. The highest BCUT2D eigenvalue weighted by molar-refractivity contribution is 5.95. The maximum absolute atomic E-state index is 11.2. The molecule has 0 N–H and O–H groups in total. The van der Waals surface area contributed by atoms with Crippen molar-refractivity contribution in [1.82, 2.24) is 4.98 Å². The van der Waals surface area contributed by atoms with Crippen LogP contribution in [0.15, 0.2) is 48.8 Å². The van der Waals surface area contributed by atoms with Crippen molar-refractivity contribution in [3.05, 3.63) is 54.4 Å². The minimum Gasteiger partial charge on any atom is -0.295 e. The van der Waals surface area contributed by atoms with Crippen LogP contribution in [0.25, 0.3) is 11.1 Å². The van der Waals surface area contributed by atoms with E-state index < -0.39 is 0 Å². The van der Waals surface area contributed by atoms with E-state index in [1.165, 1.54) is 0 Å². The second-order valence-electron chi connectivity index (χ2n) is 3.38. The third-order valence-electron chi connectivity index (χ3n) is 2.26. The maximum Gasteiger partial charge on any atom is 0.159 e. The Bertz CT molecular complexity index is 477. The van der Waals surface area contributed by atoms with Crippen LogP contribution in [-0.4, -0.2) is 10.8 Å². The third kappa shape index (κ3) is 3.52. The minimum atomic E-state index is 0.0840. The Morgan fingerprint density at radius 3 is 2.35 bits per heavy atom. The number of aromatic nitrogens is 1. The predicted octanol–water partition coefficient (Wildman–Crippen LogP) is 3.98. The van der Waals surface area contributed by atoms with Crippen molar-refractivity contribution in [2.75, 3.05) is 0 Å². The van der Waals surface area contributed by atoms with Crippen molar-refractivity contribution in [3.63, 3.8) is 0 Å². The van der Waals surface area contributed by atoms with E-state index in [1.807, 2.05) is 50.2 Å². The molecule has 0 fully saturated rings. The van der Waals surface area contributed by atoms with Crippen LogP contribution in [0.2, 0.25) is 0 Å². The van der Waals surface area contributed by atoms with Gasteiger partial charge in [0, 0.05) is 23.5 Å². The van der Waals surface area contributed by atoms with Gasteiger partial charge in [0.25, 0.3) is 0 Å². The topological polar surface area (TPSA) is 30.0 Å². The monoisotopic (exact) mass is 227 g/mol. The lowest BCUT2D eigenvalue weighted by atomic mass is 10.0. The number of Topliss-reactive ketones (excluding diaryl/α,β-unsaturated/α-hetero) is 1. The van der Waals surface area contributed by atoms with Crippen LogP contribution in [-0.2, 0) is 0 Å². The average molecular weight is 227 g/mol. The highest BCUT2D eigenvalue weighted by atomic mass is 16.1.